The zero-order chi connectivity index (χ0) is 19.2. The van der Waals surface area contributed by atoms with E-state index < -0.39 is 14.6 Å². The number of sulfone groups is 1. The van der Waals surface area contributed by atoms with Crippen LogP contribution in [0.1, 0.15) is 33.3 Å². The number of benzene rings is 1. The first-order valence-electron chi connectivity index (χ1n) is 9.26. The third-order valence-electron chi connectivity index (χ3n) is 4.55. The summed E-state index contributed by atoms with van der Waals surface area (Å²) in [6.45, 7) is 10.6. The molecule has 1 fully saturated rings. The summed E-state index contributed by atoms with van der Waals surface area (Å²) in [5.74, 6) is 1.83. The number of ether oxygens (including phenoxy) is 1. The third kappa shape index (κ3) is 6.51. The molecule has 1 aliphatic heterocycles. The van der Waals surface area contributed by atoms with Gasteiger partial charge in [-0.2, -0.15) is 0 Å². The topological polar surface area (TPSA) is 71.0 Å². The number of hydrogen-bond donors (Lipinski definition) is 1. The third-order valence-corrected chi connectivity index (χ3v) is 7.08. The Balaban J connectivity index is 0.00000364. The Hall–Kier alpha value is -1.03. The zero-order valence-electron chi connectivity index (χ0n) is 16.7. The molecule has 0 unspecified atom stereocenters. The van der Waals surface area contributed by atoms with Crippen molar-refractivity contribution in [2.45, 2.75) is 38.9 Å². The molecular formula is C19H32IN3O3S. The minimum Gasteiger partial charge on any atom is -0.494 e. The maximum absolute atomic E-state index is 12.2. The highest BCUT2D eigenvalue weighted by molar-refractivity contribution is 14.0. The van der Waals surface area contributed by atoms with Gasteiger partial charge in [0, 0.05) is 26.2 Å². The molecule has 1 aliphatic rings. The molecule has 154 valence electrons. The molecule has 2 rings (SSSR count). The van der Waals surface area contributed by atoms with Crippen LogP contribution in [0.15, 0.2) is 29.3 Å². The van der Waals surface area contributed by atoms with Crippen molar-refractivity contribution in [1.29, 1.82) is 0 Å². The summed E-state index contributed by atoms with van der Waals surface area (Å²) in [4.78, 5) is 6.77. The van der Waals surface area contributed by atoms with Crippen LogP contribution in [0.3, 0.4) is 0 Å². The second kappa shape index (κ2) is 10.5. The Morgan fingerprint density at radius 1 is 1.33 bits per heavy atom. The van der Waals surface area contributed by atoms with E-state index in [9.17, 15) is 8.42 Å². The van der Waals surface area contributed by atoms with E-state index in [1.54, 1.807) is 13.8 Å². The Labute approximate surface area is 180 Å². The van der Waals surface area contributed by atoms with Crippen LogP contribution in [-0.2, 0) is 16.3 Å². The van der Waals surface area contributed by atoms with Gasteiger partial charge in [-0.05, 0) is 51.8 Å². The van der Waals surface area contributed by atoms with Crippen LogP contribution in [0, 0.1) is 0 Å². The van der Waals surface area contributed by atoms with Crippen LogP contribution in [-0.4, -0.2) is 62.6 Å². The van der Waals surface area contributed by atoms with Crippen LogP contribution in [0.4, 0.5) is 0 Å². The highest BCUT2D eigenvalue weighted by Gasteiger charge is 2.40. The van der Waals surface area contributed by atoms with Crippen molar-refractivity contribution < 1.29 is 13.2 Å². The van der Waals surface area contributed by atoms with E-state index in [1.807, 2.05) is 32.0 Å². The van der Waals surface area contributed by atoms with Gasteiger partial charge in [0.2, 0.25) is 0 Å². The fourth-order valence-electron chi connectivity index (χ4n) is 3.00. The molecule has 0 aromatic heterocycles. The van der Waals surface area contributed by atoms with Gasteiger partial charge in [0.1, 0.15) is 5.75 Å². The summed E-state index contributed by atoms with van der Waals surface area (Å²) in [7, 11) is -3.05. The summed E-state index contributed by atoms with van der Waals surface area (Å²) < 4.78 is 29.2. The van der Waals surface area contributed by atoms with Crippen LogP contribution >= 0.6 is 24.0 Å². The lowest BCUT2D eigenvalue weighted by Crippen LogP contribution is -2.57. The SMILES string of the molecule is CCNC(=NCCc1cccc(OCC)c1)N1CCS(=O)(=O)C(C)(C)C1.I. The Morgan fingerprint density at radius 2 is 2.07 bits per heavy atom. The number of hydrogen-bond acceptors (Lipinski definition) is 4. The molecule has 1 N–H and O–H groups in total. The lowest BCUT2D eigenvalue weighted by Gasteiger charge is -2.39. The van der Waals surface area contributed by atoms with E-state index in [1.165, 1.54) is 5.56 Å². The Morgan fingerprint density at radius 3 is 2.70 bits per heavy atom. The molecule has 1 aromatic rings. The van der Waals surface area contributed by atoms with Gasteiger partial charge >= 0.3 is 0 Å². The average Bonchev–Trinajstić information content (AvgIpc) is 2.57. The predicted octanol–water partition coefficient (Wildman–Crippen LogP) is 2.72. The molecule has 8 heteroatoms. The largest absolute Gasteiger partial charge is 0.494 e. The summed E-state index contributed by atoms with van der Waals surface area (Å²) in [6.07, 6.45) is 0.811. The van der Waals surface area contributed by atoms with Crippen molar-refractivity contribution in [3.63, 3.8) is 0 Å². The molecule has 1 aromatic carbocycles. The van der Waals surface area contributed by atoms with Crippen molar-refractivity contribution in [2.24, 2.45) is 4.99 Å². The van der Waals surface area contributed by atoms with Gasteiger partial charge in [-0.15, -0.1) is 24.0 Å². The monoisotopic (exact) mass is 509 g/mol. The van der Waals surface area contributed by atoms with Crippen LogP contribution in [0.2, 0.25) is 0 Å². The highest BCUT2D eigenvalue weighted by atomic mass is 127. The Bertz CT molecular complexity index is 735. The molecule has 0 amide bonds. The number of nitrogens with zero attached hydrogens (tertiary/aromatic N) is 2. The molecule has 1 saturated heterocycles. The van der Waals surface area contributed by atoms with E-state index in [0.29, 0.717) is 26.2 Å². The average molecular weight is 509 g/mol. The van der Waals surface area contributed by atoms with Gasteiger partial charge in [0.25, 0.3) is 0 Å². The van der Waals surface area contributed by atoms with Gasteiger partial charge in [-0.25, -0.2) is 8.42 Å². The van der Waals surface area contributed by atoms with Crippen LogP contribution in [0.25, 0.3) is 0 Å². The smallest absolute Gasteiger partial charge is 0.194 e. The second-order valence-corrected chi connectivity index (χ2v) is 9.81. The predicted molar refractivity (Wildman–Crippen MR) is 122 cm³/mol. The van der Waals surface area contributed by atoms with Crippen molar-refractivity contribution in [3.05, 3.63) is 29.8 Å². The van der Waals surface area contributed by atoms with Crippen molar-refractivity contribution in [1.82, 2.24) is 10.2 Å². The van der Waals surface area contributed by atoms with Gasteiger partial charge in [0.05, 0.1) is 17.1 Å². The molecule has 0 spiro atoms. The fraction of sp³-hybridized carbons (Fsp3) is 0.632. The van der Waals surface area contributed by atoms with Gasteiger partial charge < -0.3 is 15.0 Å². The van der Waals surface area contributed by atoms with Crippen molar-refractivity contribution in [3.8, 4) is 5.75 Å². The van der Waals surface area contributed by atoms with Gasteiger partial charge in [-0.1, -0.05) is 12.1 Å². The second-order valence-electron chi connectivity index (χ2n) is 7.07. The number of guanidine groups is 1. The van der Waals surface area contributed by atoms with E-state index in [-0.39, 0.29) is 29.7 Å². The van der Waals surface area contributed by atoms with Crippen molar-refractivity contribution >= 4 is 39.8 Å². The lowest BCUT2D eigenvalue weighted by molar-refractivity contribution is 0.340. The molecule has 6 nitrogen and oxygen atoms in total. The molecule has 0 atom stereocenters. The maximum Gasteiger partial charge on any atom is 0.194 e. The summed E-state index contributed by atoms with van der Waals surface area (Å²) in [5.41, 5.74) is 1.18. The number of halogens is 1. The van der Waals surface area contributed by atoms with Gasteiger partial charge in [0.15, 0.2) is 15.8 Å². The fourth-order valence-corrected chi connectivity index (χ4v) is 4.36. The van der Waals surface area contributed by atoms with Gasteiger partial charge in [-0.3, -0.25) is 4.99 Å². The normalized spacial score (nSPS) is 18.5. The highest BCUT2D eigenvalue weighted by Crippen LogP contribution is 2.23. The Kier molecular flexibility index (Phi) is 9.33. The number of nitrogens with one attached hydrogen (secondary N) is 1. The molecular weight excluding hydrogens is 477 g/mol. The first-order chi connectivity index (χ1) is 12.3. The van der Waals surface area contributed by atoms with E-state index in [0.717, 1.165) is 24.7 Å². The molecule has 0 bridgehead atoms. The number of rotatable bonds is 6. The maximum atomic E-state index is 12.2. The minimum atomic E-state index is -3.05. The minimum absolute atomic E-state index is 0. The lowest BCUT2D eigenvalue weighted by atomic mass is 10.1. The number of aliphatic imine (C=N–C) groups is 1. The summed E-state index contributed by atoms with van der Waals surface area (Å²) in [6, 6.07) is 8.06. The quantitative estimate of drug-likeness (QED) is 0.363. The van der Waals surface area contributed by atoms with E-state index in [2.05, 4.69) is 16.3 Å². The molecule has 1 heterocycles. The standard InChI is InChI=1S/C19H31N3O3S.HI/c1-5-20-18(22-12-13-26(23,24)19(3,4)15-22)21-11-10-16-8-7-9-17(14-16)25-6-2;/h7-9,14H,5-6,10-13,15H2,1-4H3,(H,20,21);1H. The molecule has 0 radical (unpaired) electrons. The first-order valence-corrected chi connectivity index (χ1v) is 10.9. The van der Waals surface area contributed by atoms with E-state index in [4.69, 9.17) is 9.73 Å². The summed E-state index contributed by atoms with van der Waals surface area (Å²) >= 11 is 0. The van der Waals surface area contributed by atoms with E-state index >= 15 is 0 Å². The molecule has 0 saturated carbocycles. The van der Waals surface area contributed by atoms with Crippen LogP contribution in [0.5, 0.6) is 5.75 Å². The summed E-state index contributed by atoms with van der Waals surface area (Å²) in [5, 5.41) is 3.29. The first kappa shape index (κ1) is 24.0. The van der Waals surface area contributed by atoms with Crippen LogP contribution < -0.4 is 10.1 Å². The van der Waals surface area contributed by atoms with Crippen molar-refractivity contribution in [2.75, 3.05) is 38.5 Å². The zero-order valence-corrected chi connectivity index (χ0v) is 19.8. The molecule has 0 aliphatic carbocycles. The molecule has 27 heavy (non-hydrogen) atoms.